The van der Waals surface area contributed by atoms with Crippen molar-refractivity contribution in [2.45, 2.75) is 97.0 Å². The summed E-state index contributed by atoms with van der Waals surface area (Å²) in [6, 6.07) is 12.8. The number of halogens is 1. The number of fused-ring (bicyclic) bond motifs is 1. The molecule has 1 atom stereocenters. The van der Waals surface area contributed by atoms with Gasteiger partial charge in [-0.15, -0.1) is 12.4 Å². The molecular formula is C42H56ClN7O6S. The fourth-order valence-corrected chi connectivity index (χ4v) is 8.19. The number of benzene rings is 2. The van der Waals surface area contributed by atoms with E-state index in [1.165, 1.54) is 23.9 Å². The maximum absolute atomic E-state index is 13.6. The van der Waals surface area contributed by atoms with E-state index in [-0.39, 0.29) is 52.8 Å². The van der Waals surface area contributed by atoms with Crippen LogP contribution in [0.3, 0.4) is 0 Å². The first-order chi connectivity index (χ1) is 26.6. The summed E-state index contributed by atoms with van der Waals surface area (Å²) in [4.78, 5) is 30.5. The number of hydrogen-bond acceptors (Lipinski definition) is 10. The van der Waals surface area contributed by atoms with Crippen molar-refractivity contribution in [3.8, 4) is 17.1 Å². The molecule has 0 fully saturated rings. The van der Waals surface area contributed by atoms with Gasteiger partial charge < -0.3 is 24.5 Å². The molecule has 15 heteroatoms. The van der Waals surface area contributed by atoms with Crippen molar-refractivity contribution in [3.63, 3.8) is 0 Å². The standard InChI is InChI=1S/C42H55N7O6S.ClH/c1-10-27-14-12-15-28(11-2)36(27)34-22-35(47-41(46-34)48-56(52,53)32-17-13-16-29(21-32)40(50)51)55-25-30(20-26(3)4)43-23-31-24-44-37-33(18-19-54-9)38(42(5,6)7)49(8)39(37)45-31;/h12-17,21-22,24,26,30,43H,10-11,18-20,23,25H2,1-9H3,(H,50,51)(H,46,47,48);1H/t30-;/m1./s1. The Morgan fingerprint density at radius 2 is 1.68 bits per heavy atom. The third-order valence-corrected chi connectivity index (χ3v) is 11.0. The molecule has 3 heterocycles. The van der Waals surface area contributed by atoms with Gasteiger partial charge >= 0.3 is 5.97 Å². The number of ether oxygens (including phenoxy) is 2. The molecule has 2 aromatic carbocycles. The highest BCUT2D eigenvalue weighted by molar-refractivity contribution is 7.92. The van der Waals surface area contributed by atoms with Gasteiger partial charge in [-0.1, -0.05) is 72.7 Å². The van der Waals surface area contributed by atoms with E-state index in [4.69, 9.17) is 19.4 Å². The van der Waals surface area contributed by atoms with Crippen molar-refractivity contribution < 1.29 is 27.8 Å². The minimum atomic E-state index is -4.26. The van der Waals surface area contributed by atoms with Crippen LogP contribution < -0.4 is 14.8 Å². The number of carboxylic acid groups (broad SMARTS) is 1. The summed E-state index contributed by atoms with van der Waals surface area (Å²) in [6.45, 7) is 16.3. The lowest BCUT2D eigenvalue weighted by Gasteiger charge is -2.22. The van der Waals surface area contributed by atoms with E-state index in [0.717, 1.165) is 70.9 Å². The number of carbonyl (C=O) groups is 1. The number of aromatic nitrogens is 5. The van der Waals surface area contributed by atoms with Crippen LogP contribution in [-0.2, 0) is 53.0 Å². The SMILES string of the molecule is CCc1cccc(CC)c1-c1cc(OC[C@@H](CC(C)C)NCc2cnc3c(CCOC)c(C(C)(C)C)n(C)c3n2)nc(NS(=O)(=O)c2cccc(C(=O)O)c2)n1.Cl. The second kappa shape index (κ2) is 19.2. The van der Waals surface area contributed by atoms with E-state index in [2.05, 4.69) is 73.0 Å². The number of nitrogens with zero attached hydrogens (tertiary/aromatic N) is 5. The Bertz CT molecular complexity index is 2270. The first-order valence-corrected chi connectivity index (χ1v) is 20.6. The Labute approximate surface area is 342 Å². The van der Waals surface area contributed by atoms with Gasteiger partial charge in [-0.2, -0.15) is 4.98 Å². The van der Waals surface area contributed by atoms with Crippen molar-refractivity contribution in [3.05, 3.63) is 88.4 Å². The quantitative estimate of drug-likeness (QED) is 0.0798. The average Bonchev–Trinajstić information content (AvgIpc) is 3.44. The molecule has 13 nitrogen and oxygen atoms in total. The lowest BCUT2D eigenvalue weighted by molar-refractivity contribution is 0.0696. The smallest absolute Gasteiger partial charge is 0.335 e. The van der Waals surface area contributed by atoms with Crippen LogP contribution in [0.1, 0.15) is 93.3 Å². The normalized spacial score (nSPS) is 12.5. The molecule has 0 aliphatic rings. The summed E-state index contributed by atoms with van der Waals surface area (Å²) in [6.07, 6.45) is 4.82. The van der Waals surface area contributed by atoms with Gasteiger partial charge in [0.15, 0.2) is 5.65 Å². The average molecular weight is 822 g/mol. The molecule has 3 aromatic heterocycles. The number of anilines is 1. The third kappa shape index (κ3) is 10.9. The number of methoxy groups -OCH3 is 1. The Kier molecular flexibility index (Phi) is 15.2. The molecular weight excluding hydrogens is 766 g/mol. The fraction of sp³-hybridized carbons (Fsp3) is 0.452. The van der Waals surface area contributed by atoms with E-state index in [0.29, 0.717) is 24.8 Å². The second-order valence-electron chi connectivity index (χ2n) is 15.4. The molecule has 0 aliphatic carbocycles. The van der Waals surface area contributed by atoms with Crippen LogP contribution in [0, 0.1) is 5.92 Å². The lowest BCUT2D eigenvalue weighted by Crippen LogP contribution is -2.36. The van der Waals surface area contributed by atoms with Crippen molar-refractivity contribution in [1.29, 1.82) is 0 Å². The number of hydrogen-bond donors (Lipinski definition) is 3. The van der Waals surface area contributed by atoms with Crippen molar-refractivity contribution >= 4 is 45.5 Å². The predicted molar refractivity (Wildman–Crippen MR) is 226 cm³/mol. The Morgan fingerprint density at radius 3 is 2.30 bits per heavy atom. The highest BCUT2D eigenvalue weighted by atomic mass is 35.5. The minimum absolute atomic E-state index is 0. The first-order valence-electron chi connectivity index (χ1n) is 19.1. The van der Waals surface area contributed by atoms with E-state index < -0.39 is 16.0 Å². The molecule has 0 bridgehead atoms. The Morgan fingerprint density at radius 1 is 1.00 bits per heavy atom. The summed E-state index contributed by atoms with van der Waals surface area (Å²) in [5.74, 6) is -0.897. The van der Waals surface area contributed by atoms with Gasteiger partial charge in [-0.25, -0.2) is 27.9 Å². The van der Waals surface area contributed by atoms with Gasteiger partial charge in [0, 0.05) is 55.0 Å². The van der Waals surface area contributed by atoms with Gasteiger partial charge in [0.25, 0.3) is 10.0 Å². The lowest BCUT2D eigenvalue weighted by atomic mass is 9.88. The maximum Gasteiger partial charge on any atom is 0.335 e. The predicted octanol–water partition coefficient (Wildman–Crippen LogP) is 7.54. The number of nitrogens with one attached hydrogen (secondary N) is 2. The Balaban J connectivity index is 0.00000720. The van der Waals surface area contributed by atoms with Crippen molar-refractivity contribution in [2.24, 2.45) is 13.0 Å². The zero-order chi connectivity index (χ0) is 40.8. The zero-order valence-electron chi connectivity index (χ0n) is 34.3. The molecule has 308 valence electrons. The third-order valence-electron chi connectivity index (χ3n) is 9.63. The highest BCUT2D eigenvalue weighted by Crippen LogP contribution is 2.33. The van der Waals surface area contributed by atoms with Crippen LogP contribution in [0.2, 0.25) is 0 Å². The minimum Gasteiger partial charge on any atom is -0.478 e. The molecule has 0 saturated heterocycles. The van der Waals surface area contributed by atoms with Crippen molar-refractivity contribution in [1.82, 2.24) is 29.8 Å². The highest BCUT2D eigenvalue weighted by Gasteiger charge is 2.27. The van der Waals surface area contributed by atoms with Gasteiger partial charge in [0.1, 0.15) is 12.1 Å². The molecule has 5 rings (SSSR count). The molecule has 0 spiro atoms. The van der Waals surface area contributed by atoms with E-state index in [1.807, 2.05) is 31.4 Å². The van der Waals surface area contributed by atoms with Gasteiger partial charge in [-0.05, 0) is 60.9 Å². The summed E-state index contributed by atoms with van der Waals surface area (Å²) < 4.78 is 43.5. The van der Waals surface area contributed by atoms with Gasteiger partial charge in [0.05, 0.1) is 34.7 Å². The molecule has 0 saturated carbocycles. The molecule has 5 aromatic rings. The topological polar surface area (TPSA) is 170 Å². The summed E-state index contributed by atoms with van der Waals surface area (Å²) in [5.41, 5.74) is 8.09. The van der Waals surface area contributed by atoms with Crippen LogP contribution in [0.25, 0.3) is 22.4 Å². The van der Waals surface area contributed by atoms with Crippen LogP contribution in [0.4, 0.5) is 5.95 Å². The summed E-state index contributed by atoms with van der Waals surface area (Å²) in [7, 11) is -0.515. The van der Waals surface area contributed by atoms with E-state index in [1.54, 1.807) is 13.2 Å². The van der Waals surface area contributed by atoms with Crippen molar-refractivity contribution in [2.75, 3.05) is 25.0 Å². The first kappa shape index (κ1) is 45.1. The number of rotatable bonds is 18. The maximum atomic E-state index is 13.6. The fourth-order valence-electron chi connectivity index (χ4n) is 7.20. The number of sulfonamides is 1. The zero-order valence-corrected chi connectivity index (χ0v) is 36.0. The molecule has 3 N–H and O–H groups in total. The molecule has 0 unspecified atom stereocenters. The van der Waals surface area contributed by atoms with Crippen LogP contribution in [-0.4, -0.2) is 70.4 Å². The van der Waals surface area contributed by atoms with Gasteiger partial charge in [-0.3, -0.25) is 4.98 Å². The summed E-state index contributed by atoms with van der Waals surface area (Å²) in [5, 5.41) is 13.1. The molecule has 0 amide bonds. The van der Waals surface area contributed by atoms with E-state index in [9.17, 15) is 18.3 Å². The Hall–Kier alpha value is -4.63. The van der Waals surface area contributed by atoms with Crippen LogP contribution in [0.5, 0.6) is 5.88 Å². The number of carboxylic acids is 1. The second-order valence-corrected chi connectivity index (χ2v) is 17.1. The number of aryl methyl sites for hydroxylation is 3. The monoisotopic (exact) mass is 821 g/mol. The summed E-state index contributed by atoms with van der Waals surface area (Å²) >= 11 is 0. The number of aromatic carboxylic acids is 1. The van der Waals surface area contributed by atoms with Crippen LogP contribution in [0.15, 0.2) is 59.6 Å². The molecule has 57 heavy (non-hydrogen) atoms. The van der Waals surface area contributed by atoms with E-state index >= 15 is 0 Å². The molecule has 0 aliphatic heterocycles. The molecule has 0 radical (unpaired) electrons. The van der Waals surface area contributed by atoms with Gasteiger partial charge in [0.2, 0.25) is 11.8 Å². The largest absolute Gasteiger partial charge is 0.478 e. The van der Waals surface area contributed by atoms with Crippen LogP contribution >= 0.6 is 12.4 Å².